The molecule has 0 amide bonds. The molecule has 3 heterocycles. The highest BCUT2D eigenvalue weighted by atomic mass is 31.2. The summed E-state index contributed by atoms with van der Waals surface area (Å²) in [6, 6.07) is 12.1. The summed E-state index contributed by atoms with van der Waals surface area (Å²) in [5.74, 6) is -0.321. The number of anilines is 1. The van der Waals surface area contributed by atoms with E-state index in [0.717, 1.165) is 44.9 Å². The number of unbranched alkanes of at least 4 members (excludes halogenated alkanes) is 9. The van der Waals surface area contributed by atoms with E-state index in [0.29, 0.717) is 11.9 Å². The second-order valence-electron chi connectivity index (χ2n) is 13.4. The number of ether oxygens (including phenoxy) is 2. The van der Waals surface area contributed by atoms with E-state index < -0.39 is 50.3 Å². The van der Waals surface area contributed by atoms with Crippen LogP contribution in [0.4, 0.5) is 5.82 Å². The van der Waals surface area contributed by atoms with Crippen molar-refractivity contribution in [2.45, 2.75) is 121 Å². The molecule has 1 fully saturated rings. The van der Waals surface area contributed by atoms with Crippen LogP contribution in [0.15, 0.2) is 73.1 Å². The summed E-state index contributed by atoms with van der Waals surface area (Å²) < 4.78 is 38.2. The van der Waals surface area contributed by atoms with E-state index in [4.69, 9.17) is 24.3 Å². The van der Waals surface area contributed by atoms with Gasteiger partial charge < -0.3 is 29.9 Å². The Morgan fingerprint density at radius 1 is 1.06 bits per heavy atom. The molecule has 15 heteroatoms. The van der Waals surface area contributed by atoms with Crippen molar-refractivity contribution < 1.29 is 38.1 Å². The Morgan fingerprint density at radius 3 is 2.44 bits per heavy atom. The number of hydrogen-bond acceptors (Lipinski definition) is 12. The van der Waals surface area contributed by atoms with Gasteiger partial charge in [0.25, 0.3) is 0 Å². The van der Waals surface area contributed by atoms with E-state index in [1.807, 2.05) is 6.07 Å². The summed E-state index contributed by atoms with van der Waals surface area (Å²) in [6.45, 7) is 3.32. The number of nitriles is 1. The molecule has 14 nitrogen and oxygen atoms in total. The molecule has 1 aromatic carbocycles. The summed E-state index contributed by atoms with van der Waals surface area (Å²) in [4.78, 5) is 16.8. The topological polar surface area (TPSA) is 204 Å². The summed E-state index contributed by atoms with van der Waals surface area (Å²) in [6.07, 6.45) is 18.6. The maximum Gasteiger partial charge on any atom is 0.459 e. The molecule has 1 aliphatic heterocycles. The third-order valence-corrected chi connectivity index (χ3v) is 10.8. The molecule has 5 N–H and O–H groups in total. The first-order chi connectivity index (χ1) is 26.1. The van der Waals surface area contributed by atoms with Crippen LogP contribution >= 0.6 is 7.75 Å². The van der Waals surface area contributed by atoms with Crippen molar-refractivity contribution in [3.63, 3.8) is 0 Å². The van der Waals surface area contributed by atoms with E-state index in [9.17, 15) is 24.8 Å². The quantitative estimate of drug-likeness (QED) is 0.0325. The number of aromatic nitrogens is 3. The highest BCUT2D eigenvalue weighted by molar-refractivity contribution is 7.52. The summed E-state index contributed by atoms with van der Waals surface area (Å²) in [7, 11) is -4.34. The number of nitrogen functional groups attached to an aromatic ring is 1. The first kappa shape index (κ1) is 42.6. The van der Waals surface area contributed by atoms with Crippen molar-refractivity contribution in [1.82, 2.24) is 19.7 Å². The van der Waals surface area contributed by atoms with Crippen molar-refractivity contribution in [3.05, 3.63) is 78.8 Å². The zero-order chi connectivity index (χ0) is 38.8. The fraction of sp³-hybridized carbons (Fsp3) is 0.538. The second-order valence-corrected chi connectivity index (χ2v) is 15.1. The zero-order valence-corrected chi connectivity index (χ0v) is 32.2. The first-order valence-corrected chi connectivity index (χ1v) is 20.5. The number of aliphatic hydroxyl groups is 2. The Labute approximate surface area is 317 Å². The molecular weight excluding hydrogens is 711 g/mol. The Morgan fingerprint density at radius 2 is 1.74 bits per heavy atom. The fourth-order valence-corrected chi connectivity index (χ4v) is 7.61. The Kier molecular flexibility index (Phi) is 17.1. The number of nitrogens with zero attached hydrogens (tertiary/aromatic N) is 4. The van der Waals surface area contributed by atoms with Gasteiger partial charge >= 0.3 is 13.7 Å². The third-order valence-electron chi connectivity index (χ3n) is 9.16. The van der Waals surface area contributed by atoms with Crippen molar-refractivity contribution in [2.75, 3.05) is 18.9 Å². The molecule has 0 bridgehead atoms. The van der Waals surface area contributed by atoms with Crippen LogP contribution in [0.2, 0.25) is 0 Å². The number of esters is 1. The number of nitrogens with one attached hydrogen (secondary N) is 1. The molecule has 3 aromatic rings. The van der Waals surface area contributed by atoms with Crippen LogP contribution in [0.1, 0.15) is 96.6 Å². The molecule has 1 aliphatic rings. The Bertz CT molecular complexity index is 1750. The lowest BCUT2D eigenvalue weighted by molar-refractivity contribution is -0.145. The minimum absolute atomic E-state index is 0.0983. The number of para-hydroxylation sites is 1. The zero-order valence-electron chi connectivity index (χ0n) is 31.3. The normalized spacial score (nSPS) is 21.7. The van der Waals surface area contributed by atoms with Crippen LogP contribution < -0.4 is 15.3 Å². The lowest BCUT2D eigenvalue weighted by atomic mass is 9.92. The van der Waals surface area contributed by atoms with E-state index in [-0.39, 0.29) is 23.9 Å². The molecule has 294 valence electrons. The van der Waals surface area contributed by atoms with E-state index in [2.05, 4.69) is 46.4 Å². The van der Waals surface area contributed by atoms with Gasteiger partial charge in [0.15, 0.2) is 5.82 Å². The smallest absolute Gasteiger partial charge is 0.459 e. The van der Waals surface area contributed by atoms with Crippen molar-refractivity contribution in [3.8, 4) is 11.8 Å². The van der Waals surface area contributed by atoms with Gasteiger partial charge in [-0.15, -0.1) is 0 Å². The lowest BCUT2D eigenvalue weighted by Gasteiger charge is -2.25. The number of aliphatic hydroxyl groups excluding tert-OH is 2. The van der Waals surface area contributed by atoms with Crippen LogP contribution in [0.25, 0.3) is 5.52 Å². The number of hydrogen-bond donors (Lipinski definition) is 4. The van der Waals surface area contributed by atoms with Gasteiger partial charge in [-0.3, -0.25) is 9.32 Å². The van der Waals surface area contributed by atoms with Crippen molar-refractivity contribution in [2.24, 2.45) is 0 Å². The number of carbonyl (C=O) groups excluding carboxylic acids is 1. The molecular formula is C39H55N6O8P. The first-order valence-electron chi connectivity index (χ1n) is 18.9. The second kappa shape index (κ2) is 21.7. The van der Waals surface area contributed by atoms with Crippen LogP contribution in [-0.2, 0) is 29.0 Å². The van der Waals surface area contributed by atoms with Crippen LogP contribution in [-0.4, -0.2) is 68.3 Å². The van der Waals surface area contributed by atoms with Gasteiger partial charge in [0.05, 0.1) is 18.9 Å². The van der Waals surface area contributed by atoms with Crippen LogP contribution in [0.5, 0.6) is 5.75 Å². The standard InChI is InChI=1S/C39H55N6O8P/c1-3-4-5-6-7-8-9-10-11-12-13-14-15-16-17-21-26-50-38(48)30(2)44-54(49,53-31-22-19-18-20-23-31)51-27-33-35(46)36(47)39(28-40,52-33)34-25-24-32-37(41)42-29-43-45(32)34/h7-8,10-11,18-20,22-25,29-30,33,35-36,46-47H,3-6,9,12-17,21,26-27H2,1-2H3,(H,44,49)(H2,41,42,43)/b8-7+,11-10+/t30-,33+,35+,36+,39-,54?/m0/s1. The van der Waals surface area contributed by atoms with Gasteiger partial charge in [0.2, 0.25) is 5.60 Å². The van der Waals surface area contributed by atoms with Crippen molar-refractivity contribution >= 4 is 25.1 Å². The molecule has 0 saturated carbocycles. The summed E-state index contributed by atoms with van der Waals surface area (Å²) >= 11 is 0. The average molecular weight is 767 g/mol. The Balaban J connectivity index is 1.23. The van der Waals surface area contributed by atoms with E-state index >= 15 is 0 Å². The molecule has 2 aromatic heterocycles. The average Bonchev–Trinajstić information content (AvgIpc) is 3.72. The maximum absolute atomic E-state index is 14.1. The van der Waals surface area contributed by atoms with Crippen LogP contribution in [0.3, 0.4) is 0 Å². The monoisotopic (exact) mass is 766 g/mol. The Hall–Kier alpha value is -4.09. The lowest BCUT2D eigenvalue weighted by Crippen LogP contribution is -2.41. The molecule has 6 atom stereocenters. The molecule has 1 saturated heterocycles. The van der Waals surface area contributed by atoms with Gasteiger partial charge in [0.1, 0.15) is 48.0 Å². The number of benzene rings is 1. The SMILES string of the molecule is CCCCC/C=C/C/C=C/CCCCCCCCOC(=O)[C@H](C)NP(=O)(OC[C@H]1O[C@@](C#N)(c2ccc3c(N)ncnn23)[C@H](O)[C@@H]1O)Oc1ccccc1. The number of carbonyl (C=O) groups is 1. The van der Waals surface area contributed by atoms with Gasteiger partial charge in [-0.25, -0.2) is 14.1 Å². The highest BCUT2D eigenvalue weighted by Crippen LogP contribution is 2.47. The third kappa shape index (κ3) is 12.0. The number of rotatable bonds is 24. The van der Waals surface area contributed by atoms with Gasteiger partial charge in [0, 0.05) is 0 Å². The molecule has 0 spiro atoms. The van der Waals surface area contributed by atoms with Gasteiger partial charge in [-0.2, -0.15) is 15.4 Å². The molecule has 4 rings (SSSR count). The summed E-state index contributed by atoms with van der Waals surface area (Å²) in [5.41, 5.74) is 4.31. The van der Waals surface area contributed by atoms with E-state index in [1.54, 1.807) is 36.4 Å². The number of allylic oxidation sites excluding steroid dienone is 4. The van der Waals surface area contributed by atoms with Crippen LogP contribution in [0, 0.1) is 11.3 Å². The number of nitrogens with two attached hydrogens (primary N) is 1. The predicted molar refractivity (Wildman–Crippen MR) is 205 cm³/mol. The fourth-order valence-electron chi connectivity index (χ4n) is 6.11. The largest absolute Gasteiger partial charge is 0.465 e. The van der Waals surface area contributed by atoms with Gasteiger partial charge in [-0.1, -0.05) is 88.0 Å². The summed E-state index contributed by atoms with van der Waals surface area (Å²) in [5, 5.41) is 39.0. The molecule has 0 radical (unpaired) electrons. The minimum atomic E-state index is -4.34. The van der Waals surface area contributed by atoms with Crippen molar-refractivity contribution in [1.29, 1.82) is 5.26 Å². The van der Waals surface area contributed by atoms with Gasteiger partial charge in [-0.05, 0) is 69.7 Å². The molecule has 1 unspecified atom stereocenters. The van der Waals surface area contributed by atoms with E-state index in [1.165, 1.54) is 49.5 Å². The highest BCUT2D eigenvalue weighted by Gasteiger charge is 2.58. The minimum Gasteiger partial charge on any atom is -0.465 e. The maximum atomic E-state index is 14.1. The predicted octanol–water partition coefficient (Wildman–Crippen LogP) is 6.69. The molecule has 54 heavy (non-hydrogen) atoms. The number of fused-ring (bicyclic) bond motifs is 1. The molecule has 0 aliphatic carbocycles.